The van der Waals surface area contributed by atoms with Crippen LogP contribution in [0.3, 0.4) is 0 Å². The van der Waals surface area contributed by atoms with Crippen LogP contribution in [0.5, 0.6) is 0 Å². The zero-order chi connectivity index (χ0) is 14.3. The van der Waals surface area contributed by atoms with Crippen molar-refractivity contribution < 1.29 is 9.53 Å². The van der Waals surface area contributed by atoms with Crippen LogP contribution in [0.25, 0.3) is 0 Å². The Kier molecular flexibility index (Phi) is 6.80. The molecule has 0 aromatic heterocycles. The lowest BCUT2D eigenvalue weighted by molar-refractivity contribution is -0.149. The van der Waals surface area contributed by atoms with E-state index in [1.807, 2.05) is 0 Å². The van der Waals surface area contributed by atoms with E-state index in [9.17, 15) is 4.79 Å². The minimum absolute atomic E-state index is 0.0912. The normalized spacial score (nSPS) is 25.3. The van der Waals surface area contributed by atoms with Crippen LogP contribution in [0.1, 0.15) is 46.5 Å². The molecule has 0 amide bonds. The van der Waals surface area contributed by atoms with Crippen molar-refractivity contribution >= 4 is 5.97 Å². The Morgan fingerprint density at radius 2 is 2.11 bits per heavy atom. The van der Waals surface area contributed by atoms with Crippen LogP contribution in [-0.2, 0) is 9.53 Å². The number of carbonyl (C=O) groups excluding carboxylic acids is 1. The molecule has 1 N–H and O–H groups in total. The molecule has 0 spiro atoms. The molecule has 0 radical (unpaired) electrons. The first-order valence-corrected chi connectivity index (χ1v) is 7.60. The van der Waals surface area contributed by atoms with Crippen molar-refractivity contribution in [3.8, 4) is 0 Å². The molecule has 1 unspecified atom stereocenters. The maximum atomic E-state index is 12.2. The highest BCUT2D eigenvalue weighted by Gasteiger charge is 2.40. The summed E-state index contributed by atoms with van der Waals surface area (Å²) < 4.78 is 5.06. The number of likely N-dealkylation sites (tertiary alicyclic amines) is 1. The lowest BCUT2D eigenvalue weighted by Gasteiger charge is -2.32. The van der Waals surface area contributed by atoms with E-state index in [2.05, 4.69) is 31.0 Å². The van der Waals surface area contributed by atoms with E-state index in [1.165, 1.54) is 13.5 Å². The van der Waals surface area contributed by atoms with Gasteiger partial charge in [-0.25, -0.2) is 0 Å². The van der Waals surface area contributed by atoms with Crippen molar-refractivity contribution in [2.24, 2.45) is 5.92 Å². The molecule has 1 aliphatic rings. The van der Waals surface area contributed by atoms with Crippen molar-refractivity contribution in [3.63, 3.8) is 0 Å². The Morgan fingerprint density at radius 1 is 1.37 bits per heavy atom. The maximum Gasteiger partial charge on any atom is 0.326 e. The van der Waals surface area contributed by atoms with E-state index in [0.29, 0.717) is 5.92 Å². The predicted octanol–water partition coefficient (Wildman–Crippen LogP) is 2.04. The van der Waals surface area contributed by atoms with Gasteiger partial charge in [0.05, 0.1) is 7.11 Å². The fraction of sp³-hybridized carbons (Fsp3) is 0.933. The van der Waals surface area contributed by atoms with Crippen LogP contribution < -0.4 is 5.32 Å². The van der Waals surface area contributed by atoms with E-state index in [1.54, 1.807) is 0 Å². The van der Waals surface area contributed by atoms with E-state index in [-0.39, 0.29) is 5.97 Å². The van der Waals surface area contributed by atoms with Gasteiger partial charge in [0.1, 0.15) is 5.54 Å². The van der Waals surface area contributed by atoms with E-state index in [4.69, 9.17) is 4.74 Å². The average molecular weight is 270 g/mol. The third kappa shape index (κ3) is 4.77. The number of carbonyl (C=O) groups is 1. The van der Waals surface area contributed by atoms with Crippen LogP contribution in [0.4, 0.5) is 0 Å². The summed E-state index contributed by atoms with van der Waals surface area (Å²) in [5, 5.41) is 3.49. The summed E-state index contributed by atoms with van der Waals surface area (Å²) in [5.74, 6) is 0.447. The number of nitrogens with zero attached hydrogens (tertiary/aromatic N) is 1. The van der Waals surface area contributed by atoms with Gasteiger partial charge >= 0.3 is 5.97 Å². The molecule has 1 saturated heterocycles. The molecule has 0 aromatic carbocycles. The number of nitrogens with one attached hydrogen (secondary N) is 1. The molecule has 1 aliphatic heterocycles. The highest BCUT2D eigenvalue weighted by Crippen LogP contribution is 2.24. The van der Waals surface area contributed by atoms with E-state index in [0.717, 1.165) is 45.4 Å². The Hall–Kier alpha value is -0.610. The number of methoxy groups -OCH3 is 1. The molecule has 1 rings (SSSR count). The lowest BCUT2D eigenvalue weighted by atomic mass is 9.90. The first-order valence-electron chi connectivity index (χ1n) is 7.60. The molecular weight excluding hydrogens is 240 g/mol. The minimum Gasteiger partial charge on any atom is -0.468 e. The summed E-state index contributed by atoms with van der Waals surface area (Å²) in [5.41, 5.74) is -0.471. The summed E-state index contributed by atoms with van der Waals surface area (Å²) in [4.78, 5) is 14.7. The summed E-state index contributed by atoms with van der Waals surface area (Å²) in [6, 6.07) is 0. The van der Waals surface area contributed by atoms with Crippen LogP contribution >= 0.6 is 0 Å². The van der Waals surface area contributed by atoms with Crippen molar-refractivity contribution in [1.82, 2.24) is 10.2 Å². The van der Waals surface area contributed by atoms with Gasteiger partial charge in [-0.2, -0.15) is 0 Å². The molecule has 19 heavy (non-hydrogen) atoms. The van der Waals surface area contributed by atoms with Gasteiger partial charge in [-0.05, 0) is 51.2 Å². The number of rotatable bonds is 6. The summed E-state index contributed by atoms with van der Waals surface area (Å²) in [7, 11) is 1.50. The Morgan fingerprint density at radius 3 is 2.68 bits per heavy atom. The maximum absolute atomic E-state index is 12.2. The fourth-order valence-electron chi connectivity index (χ4n) is 2.78. The predicted molar refractivity (Wildman–Crippen MR) is 78.2 cm³/mol. The first kappa shape index (κ1) is 16.4. The summed E-state index contributed by atoms with van der Waals surface area (Å²) in [6.07, 6.45) is 3.96. The second-order valence-electron chi connectivity index (χ2n) is 6.04. The van der Waals surface area contributed by atoms with Crippen LogP contribution in [0, 0.1) is 5.92 Å². The molecule has 4 heteroatoms. The molecular formula is C15H30N2O2. The zero-order valence-electron chi connectivity index (χ0n) is 13.0. The standard InChI is InChI=1S/C15H30N2O2/c1-5-9-17-10-6-7-15(8-11-17,14(18)19-4)16-12-13(2)3/h13,16H,5-12H2,1-4H3. The van der Waals surface area contributed by atoms with Gasteiger partial charge in [-0.15, -0.1) is 0 Å². The average Bonchev–Trinajstić information content (AvgIpc) is 2.60. The fourth-order valence-corrected chi connectivity index (χ4v) is 2.78. The SMILES string of the molecule is CCCN1CCCC(NCC(C)C)(C(=O)OC)CC1. The zero-order valence-corrected chi connectivity index (χ0v) is 13.0. The Balaban J connectivity index is 2.71. The van der Waals surface area contributed by atoms with Gasteiger partial charge in [-0.3, -0.25) is 4.79 Å². The molecule has 0 aliphatic carbocycles. The topological polar surface area (TPSA) is 41.6 Å². The van der Waals surface area contributed by atoms with Crippen LogP contribution in [0.2, 0.25) is 0 Å². The van der Waals surface area contributed by atoms with Crippen molar-refractivity contribution in [3.05, 3.63) is 0 Å². The van der Waals surface area contributed by atoms with Gasteiger partial charge in [-0.1, -0.05) is 20.8 Å². The van der Waals surface area contributed by atoms with Crippen molar-refractivity contribution in [2.45, 2.75) is 52.0 Å². The van der Waals surface area contributed by atoms with Gasteiger partial charge in [0, 0.05) is 6.54 Å². The quantitative estimate of drug-likeness (QED) is 0.750. The van der Waals surface area contributed by atoms with Gasteiger partial charge < -0.3 is 15.0 Å². The molecule has 1 heterocycles. The summed E-state index contributed by atoms with van der Waals surface area (Å²) in [6.45, 7) is 10.6. The second-order valence-corrected chi connectivity index (χ2v) is 6.04. The lowest BCUT2D eigenvalue weighted by Crippen LogP contribution is -2.54. The largest absolute Gasteiger partial charge is 0.468 e. The number of esters is 1. The minimum atomic E-state index is -0.471. The first-order chi connectivity index (χ1) is 9.04. The molecule has 0 aromatic rings. The van der Waals surface area contributed by atoms with Crippen molar-refractivity contribution in [2.75, 3.05) is 33.3 Å². The highest BCUT2D eigenvalue weighted by atomic mass is 16.5. The van der Waals surface area contributed by atoms with E-state index >= 15 is 0 Å². The Bertz CT molecular complexity index is 281. The second kappa shape index (κ2) is 7.85. The van der Waals surface area contributed by atoms with Gasteiger partial charge in [0.15, 0.2) is 0 Å². The molecule has 1 atom stereocenters. The molecule has 4 nitrogen and oxygen atoms in total. The molecule has 112 valence electrons. The number of ether oxygens (including phenoxy) is 1. The van der Waals surface area contributed by atoms with E-state index < -0.39 is 5.54 Å². The highest BCUT2D eigenvalue weighted by molar-refractivity contribution is 5.80. The number of hydrogen-bond donors (Lipinski definition) is 1. The Labute approximate surface area is 117 Å². The van der Waals surface area contributed by atoms with Crippen LogP contribution in [-0.4, -0.2) is 49.7 Å². The van der Waals surface area contributed by atoms with Crippen LogP contribution in [0.15, 0.2) is 0 Å². The number of hydrogen-bond acceptors (Lipinski definition) is 4. The monoisotopic (exact) mass is 270 g/mol. The molecule has 0 saturated carbocycles. The molecule has 0 bridgehead atoms. The molecule has 1 fully saturated rings. The summed E-state index contributed by atoms with van der Waals surface area (Å²) >= 11 is 0. The van der Waals surface area contributed by atoms with Gasteiger partial charge in [0.2, 0.25) is 0 Å². The van der Waals surface area contributed by atoms with Crippen molar-refractivity contribution in [1.29, 1.82) is 0 Å². The van der Waals surface area contributed by atoms with Gasteiger partial charge in [0.25, 0.3) is 0 Å². The smallest absolute Gasteiger partial charge is 0.326 e. The third-order valence-corrected chi connectivity index (χ3v) is 3.90. The third-order valence-electron chi connectivity index (χ3n) is 3.90.